The smallest absolute Gasteiger partial charge is 0.277 e. The number of ether oxygens (including phenoxy) is 4. The minimum Gasteiger partial charge on any atom is -0.494 e. The fourth-order valence-electron chi connectivity index (χ4n) is 3.42. The summed E-state index contributed by atoms with van der Waals surface area (Å²) in [4.78, 5) is 11.4. The molecule has 0 heterocycles. The Morgan fingerprint density at radius 1 is 0.906 bits per heavy atom. The van der Waals surface area contributed by atoms with Crippen LogP contribution in [0.4, 0.5) is 5.69 Å². The van der Waals surface area contributed by atoms with Crippen LogP contribution in [-0.4, -0.2) is 32.9 Å². The molecule has 0 aromatic heterocycles. The van der Waals surface area contributed by atoms with Crippen LogP contribution in [0.25, 0.3) is 23.3 Å². The van der Waals surface area contributed by atoms with Gasteiger partial charge >= 0.3 is 0 Å². The van der Waals surface area contributed by atoms with E-state index >= 15 is 0 Å². The summed E-state index contributed by atoms with van der Waals surface area (Å²) >= 11 is 0. The highest BCUT2D eigenvalue weighted by Gasteiger charge is 2.22. The first kappa shape index (κ1) is 22.7. The molecule has 0 aliphatic carbocycles. The quantitative estimate of drug-likeness (QED) is 0.238. The molecular formula is C25H25NO6. The molecule has 0 radical (unpaired) electrons. The normalized spacial score (nSPS) is 10.8. The second-order valence-electron chi connectivity index (χ2n) is 6.75. The second-order valence-corrected chi connectivity index (χ2v) is 6.75. The molecule has 0 saturated heterocycles. The van der Waals surface area contributed by atoms with Gasteiger partial charge in [0.2, 0.25) is 5.75 Å². The zero-order valence-electron chi connectivity index (χ0n) is 18.5. The first-order valence-corrected chi connectivity index (χ1v) is 10.0. The topological polar surface area (TPSA) is 80.1 Å². The van der Waals surface area contributed by atoms with E-state index in [9.17, 15) is 10.1 Å². The van der Waals surface area contributed by atoms with Gasteiger partial charge in [0.1, 0.15) is 5.75 Å². The van der Waals surface area contributed by atoms with E-state index in [0.29, 0.717) is 40.5 Å². The van der Waals surface area contributed by atoms with Crippen molar-refractivity contribution >= 4 is 17.8 Å². The largest absolute Gasteiger partial charge is 0.494 e. The summed E-state index contributed by atoms with van der Waals surface area (Å²) < 4.78 is 21.7. The van der Waals surface area contributed by atoms with Crippen molar-refractivity contribution < 1.29 is 23.9 Å². The van der Waals surface area contributed by atoms with Crippen LogP contribution < -0.4 is 18.9 Å². The second kappa shape index (κ2) is 10.3. The molecule has 0 atom stereocenters. The van der Waals surface area contributed by atoms with E-state index in [1.165, 1.54) is 27.4 Å². The van der Waals surface area contributed by atoms with E-state index in [1.54, 1.807) is 18.2 Å². The number of rotatable bonds is 9. The molecule has 3 aromatic carbocycles. The van der Waals surface area contributed by atoms with Gasteiger partial charge in [-0.25, -0.2) is 0 Å². The monoisotopic (exact) mass is 435 g/mol. The van der Waals surface area contributed by atoms with E-state index in [1.807, 2.05) is 49.4 Å². The summed E-state index contributed by atoms with van der Waals surface area (Å²) in [6.07, 6.45) is 3.75. The highest BCUT2D eigenvalue weighted by Crippen LogP contribution is 2.44. The van der Waals surface area contributed by atoms with Crippen molar-refractivity contribution in [2.75, 3.05) is 27.9 Å². The number of nitro groups is 1. The third-order valence-corrected chi connectivity index (χ3v) is 4.87. The van der Waals surface area contributed by atoms with Gasteiger partial charge in [-0.15, -0.1) is 0 Å². The van der Waals surface area contributed by atoms with E-state index in [2.05, 4.69) is 0 Å². The average molecular weight is 435 g/mol. The standard InChI is InChI=1S/C25H25NO6/c1-5-32-20-13-10-17(11-14-20)9-12-18-7-6-8-21(26(27)28)24(18)19-15-22(29-2)25(31-4)23(16-19)30-3/h6-16H,5H2,1-4H3. The Balaban J connectivity index is 2.13. The fourth-order valence-corrected chi connectivity index (χ4v) is 3.42. The van der Waals surface area contributed by atoms with Gasteiger partial charge in [-0.1, -0.05) is 36.4 Å². The van der Waals surface area contributed by atoms with Crippen LogP contribution in [-0.2, 0) is 0 Å². The number of benzene rings is 3. The molecule has 0 aliphatic rings. The van der Waals surface area contributed by atoms with Crippen molar-refractivity contribution in [3.8, 4) is 34.1 Å². The van der Waals surface area contributed by atoms with Crippen LogP contribution in [0.3, 0.4) is 0 Å². The predicted octanol–water partition coefficient (Wildman–Crippen LogP) is 5.86. The first-order chi connectivity index (χ1) is 15.5. The molecule has 32 heavy (non-hydrogen) atoms. The lowest BCUT2D eigenvalue weighted by Gasteiger charge is -2.15. The molecule has 0 fully saturated rings. The number of nitro benzene ring substituents is 1. The molecular weight excluding hydrogens is 410 g/mol. The van der Waals surface area contributed by atoms with Gasteiger partial charge in [0.25, 0.3) is 5.69 Å². The van der Waals surface area contributed by atoms with E-state index < -0.39 is 4.92 Å². The average Bonchev–Trinajstić information content (AvgIpc) is 2.82. The highest BCUT2D eigenvalue weighted by molar-refractivity contribution is 5.87. The van der Waals surface area contributed by atoms with E-state index in [4.69, 9.17) is 18.9 Å². The Morgan fingerprint density at radius 2 is 1.56 bits per heavy atom. The lowest BCUT2D eigenvalue weighted by molar-refractivity contribution is -0.384. The molecule has 7 nitrogen and oxygen atoms in total. The number of methoxy groups -OCH3 is 3. The molecule has 0 bridgehead atoms. The van der Waals surface area contributed by atoms with Crippen LogP contribution in [0.2, 0.25) is 0 Å². The summed E-state index contributed by atoms with van der Waals surface area (Å²) in [6.45, 7) is 2.53. The van der Waals surface area contributed by atoms with Crippen LogP contribution in [0.5, 0.6) is 23.0 Å². The maximum atomic E-state index is 11.8. The summed E-state index contributed by atoms with van der Waals surface area (Å²) in [7, 11) is 4.52. The minimum absolute atomic E-state index is 0.0203. The summed E-state index contributed by atoms with van der Waals surface area (Å²) in [5.74, 6) is 2.05. The molecule has 0 unspecified atom stereocenters. The van der Waals surface area contributed by atoms with E-state index in [-0.39, 0.29) is 5.69 Å². The molecule has 0 N–H and O–H groups in total. The zero-order chi connectivity index (χ0) is 23.1. The van der Waals surface area contributed by atoms with Crippen LogP contribution in [0.1, 0.15) is 18.1 Å². The van der Waals surface area contributed by atoms with Crippen molar-refractivity contribution in [1.82, 2.24) is 0 Å². The number of hydrogen-bond donors (Lipinski definition) is 0. The number of nitrogens with zero attached hydrogens (tertiary/aromatic N) is 1. The molecule has 7 heteroatoms. The van der Waals surface area contributed by atoms with Gasteiger partial charge < -0.3 is 18.9 Å². The molecule has 0 spiro atoms. The Bertz CT molecular complexity index is 1100. The maximum Gasteiger partial charge on any atom is 0.277 e. The molecule has 0 saturated carbocycles. The maximum absolute atomic E-state index is 11.8. The lowest BCUT2D eigenvalue weighted by Crippen LogP contribution is -1.98. The molecule has 0 amide bonds. The first-order valence-electron chi connectivity index (χ1n) is 10.0. The van der Waals surface area contributed by atoms with Gasteiger partial charge in [-0.2, -0.15) is 0 Å². The van der Waals surface area contributed by atoms with Gasteiger partial charge in [-0.05, 0) is 47.9 Å². The molecule has 3 aromatic rings. The minimum atomic E-state index is -0.396. The van der Waals surface area contributed by atoms with Crippen molar-refractivity contribution in [3.63, 3.8) is 0 Å². The van der Waals surface area contributed by atoms with Gasteiger partial charge in [0.15, 0.2) is 11.5 Å². The van der Waals surface area contributed by atoms with E-state index in [0.717, 1.165) is 11.3 Å². The lowest BCUT2D eigenvalue weighted by atomic mass is 9.96. The van der Waals surface area contributed by atoms with Crippen molar-refractivity contribution in [2.24, 2.45) is 0 Å². The van der Waals surface area contributed by atoms with Crippen LogP contribution in [0, 0.1) is 10.1 Å². The Morgan fingerprint density at radius 3 is 2.09 bits per heavy atom. The fraction of sp³-hybridized carbons (Fsp3) is 0.200. The summed E-state index contributed by atoms with van der Waals surface area (Å²) in [5.41, 5.74) is 2.64. The SMILES string of the molecule is CCOc1ccc(C=Cc2cccc([N+](=O)[O-])c2-c2cc(OC)c(OC)c(OC)c2)cc1. The van der Waals surface area contributed by atoms with Gasteiger partial charge in [-0.3, -0.25) is 10.1 Å². The Labute approximate surface area is 187 Å². The third kappa shape index (κ3) is 4.83. The third-order valence-electron chi connectivity index (χ3n) is 4.87. The zero-order valence-corrected chi connectivity index (χ0v) is 18.5. The van der Waals surface area contributed by atoms with Crippen molar-refractivity contribution in [3.05, 3.63) is 75.8 Å². The van der Waals surface area contributed by atoms with Crippen molar-refractivity contribution in [1.29, 1.82) is 0 Å². The van der Waals surface area contributed by atoms with Gasteiger partial charge in [0.05, 0.1) is 38.4 Å². The van der Waals surface area contributed by atoms with Crippen LogP contribution in [0.15, 0.2) is 54.6 Å². The summed E-state index contributed by atoms with van der Waals surface area (Å²) in [6, 6.07) is 16.0. The highest BCUT2D eigenvalue weighted by atomic mass is 16.6. The molecule has 0 aliphatic heterocycles. The van der Waals surface area contributed by atoms with Gasteiger partial charge in [0, 0.05) is 6.07 Å². The molecule has 166 valence electrons. The Kier molecular flexibility index (Phi) is 7.33. The number of hydrogen-bond acceptors (Lipinski definition) is 6. The van der Waals surface area contributed by atoms with Crippen LogP contribution >= 0.6 is 0 Å². The van der Waals surface area contributed by atoms with Crippen molar-refractivity contribution in [2.45, 2.75) is 6.92 Å². The predicted molar refractivity (Wildman–Crippen MR) is 125 cm³/mol. The Hall–Kier alpha value is -4.00. The molecule has 3 rings (SSSR count). The summed E-state index contributed by atoms with van der Waals surface area (Å²) in [5, 5.41) is 11.8.